The zero-order valence-electron chi connectivity index (χ0n) is 14.5. The van der Waals surface area contributed by atoms with Gasteiger partial charge in [-0.05, 0) is 25.0 Å². The Balaban J connectivity index is 1.88. The number of hydrogen-bond acceptors (Lipinski definition) is 3. The zero-order chi connectivity index (χ0) is 16.6. The standard InChI is InChI=1S/C18H26N4O/c1-18(2,3)17(23)22-10-5-7-13(11-22)14-12-21-9-6-8-15(21)16(19-4)20-14/h6,8-9,12-13H,5,7,10-11H2,1-4H3,(H,19,20)/t13-/m1/s1. The lowest BCUT2D eigenvalue weighted by molar-refractivity contribution is -0.140. The molecule has 0 aromatic carbocycles. The summed E-state index contributed by atoms with van der Waals surface area (Å²) < 4.78 is 2.11. The van der Waals surface area contributed by atoms with E-state index < -0.39 is 0 Å². The molecule has 2 aromatic rings. The van der Waals surface area contributed by atoms with Gasteiger partial charge in [0.25, 0.3) is 0 Å². The molecular formula is C18H26N4O. The Morgan fingerprint density at radius 2 is 2.17 bits per heavy atom. The summed E-state index contributed by atoms with van der Waals surface area (Å²) in [6.07, 6.45) is 6.26. The molecule has 0 saturated carbocycles. The maximum Gasteiger partial charge on any atom is 0.227 e. The molecule has 2 aromatic heterocycles. The largest absolute Gasteiger partial charge is 0.371 e. The summed E-state index contributed by atoms with van der Waals surface area (Å²) in [7, 11) is 1.90. The molecule has 3 heterocycles. The highest BCUT2D eigenvalue weighted by Gasteiger charge is 2.32. The van der Waals surface area contributed by atoms with Crippen molar-refractivity contribution in [1.82, 2.24) is 14.3 Å². The third-order valence-corrected chi connectivity index (χ3v) is 4.54. The van der Waals surface area contributed by atoms with Crippen LogP contribution < -0.4 is 5.32 Å². The van der Waals surface area contributed by atoms with E-state index in [-0.39, 0.29) is 11.3 Å². The summed E-state index contributed by atoms with van der Waals surface area (Å²) in [5.74, 6) is 1.43. The van der Waals surface area contributed by atoms with Crippen LogP contribution in [-0.4, -0.2) is 40.3 Å². The first-order valence-electron chi connectivity index (χ1n) is 8.35. The molecule has 5 nitrogen and oxygen atoms in total. The average molecular weight is 314 g/mol. The van der Waals surface area contributed by atoms with E-state index in [1.807, 2.05) is 45.0 Å². The van der Waals surface area contributed by atoms with E-state index in [4.69, 9.17) is 4.98 Å². The van der Waals surface area contributed by atoms with Crippen LogP contribution in [0.25, 0.3) is 5.52 Å². The fourth-order valence-electron chi connectivity index (χ4n) is 3.32. The molecular weight excluding hydrogens is 288 g/mol. The first-order chi connectivity index (χ1) is 10.9. The highest BCUT2D eigenvalue weighted by molar-refractivity contribution is 5.81. The Hall–Kier alpha value is -2.04. The molecule has 1 aliphatic rings. The van der Waals surface area contributed by atoms with Crippen LogP contribution >= 0.6 is 0 Å². The van der Waals surface area contributed by atoms with Gasteiger partial charge in [0.15, 0.2) is 0 Å². The van der Waals surface area contributed by atoms with E-state index in [0.717, 1.165) is 43.0 Å². The van der Waals surface area contributed by atoms with Crippen molar-refractivity contribution < 1.29 is 4.79 Å². The van der Waals surface area contributed by atoms with Crippen molar-refractivity contribution in [2.75, 3.05) is 25.5 Å². The molecule has 0 bridgehead atoms. The second-order valence-corrected chi connectivity index (χ2v) is 7.41. The minimum atomic E-state index is -0.324. The summed E-state index contributed by atoms with van der Waals surface area (Å²) in [5.41, 5.74) is 1.81. The van der Waals surface area contributed by atoms with Crippen molar-refractivity contribution in [3.05, 3.63) is 30.2 Å². The lowest BCUT2D eigenvalue weighted by Crippen LogP contribution is -2.44. The summed E-state index contributed by atoms with van der Waals surface area (Å²) in [5, 5.41) is 3.18. The van der Waals surface area contributed by atoms with Crippen LogP contribution in [0.1, 0.15) is 45.2 Å². The summed E-state index contributed by atoms with van der Waals surface area (Å²) in [6, 6.07) is 4.08. The van der Waals surface area contributed by atoms with Crippen molar-refractivity contribution >= 4 is 17.2 Å². The molecule has 1 fully saturated rings. The van der Waals surface area contributed by atoms with Crippen LogP contribution in [0.5, 0.6) is 0 Å². The molecule has 0 aliphatic carbocycles. The third-order valence-electron chi connectivity index (χ3n) is 4.54. The maximum absolute atomic E-state index is 12.6. The van der Waals surface area contributed by atoms with Gasteiger partial charge in [-0.1, -0.05) is 20.8 Å². The number of hydrogen-bond donors (Lipinski definition) is 1. The molecule has 1 atom stereocenters. The molecule has 3 rings (SSSR count). The van der Waals surface area contributed by atoms with E-state index in [9.17, 15) is 4.79 Å². The molecule has 5 heteroatoms. The molecule has 23 heavy (non-hydrogen) atoms. The average Bonchev–Trinajstić information content (AvgIpc) is 3.01. The van der Waals surface area contributed by atoms with Crippen LogP contribution in [0, 0.1) is 5.41 Å². The van der Waals surface area contributed by atoms with E-state index in [0.29, 0.717) is 5.92 Å². The second-order valence-electron chi connectivity index (χ2n) is 7.41. The number of amides is 1. The molecule has 0 unspecified atom stereocenters. The molecule has 1 saturated heterocycles. The quantitative estimate of drug-likeness (QED) is 0.926. The predicted octanol–water partition coefficient (Wildman–Crippen LogP) is 3.13. The zero-order valence-corrected chi connectivity index (χ0v) is 14.5. The Morgan fingerprint density at radius 1 is 1.39 bits per heavy atom. The number of carbonyl (C=O) groups is 1. The van der Waals surface area contributed by atoms with Crippen molar-refractivity contribution in [3.63, 3.8) is 0 Å². The van der Waals surface area contributed by atoms with Crippen molar-refractivity contribution in [2.24, 2.45) is 5.41 Å². The van der Waals surface area contributed by atoms with Crippen molar-refractivity contribution in [1.29, 1.82) is 0 Å². The summed E-state index contributed by atoms with van der Waals surface area (Å²) in [6.45, 7) is 7.59. The lowest BCUT2D eigenvalue weighted by Gasteiger charge is -2.36. The van der Waals surface area contributed by atoms with Gasteiger partial charge >= 0.3 is 0 Å². The van der Waals surface area contributed by atoms with Gasteiger partial charge in [0.1, 0.15) is 5.82 Å². The molecule has 124 valence electrons. The highest BCUT2D eigenvalue weighted by atomic mass is 16.2. The number of piperidine rings is 1. The Kier molecular flexibility index (Phi) is 4.04. The SMILES string of the molecule is CNc1nc([C@@H]2CCCN(C(=O)C(C)(C)C)C2)cn2cccc12. The number of fused-ring (bicyclic) bond motifs is 1. The Labute approximate surface area is 137 Å². The van der Waals surface area contributed by atoms with Crippen LogP contribution in [-0.2, 0) is 4.79 Å². The first kappa shape index (κ1) is 15.8. The van der Waals surface area contributed by atoms with Gasteiger partial charge < -0.3 is 14.6 Å². The normalized spacial score (nSPS) is 19.1. The number of nitrogens with zero attached hydrogens (tertiary/aromatic N) is 3. The van der Waals surface area contributed by atoms with Gasteiger partial charge in [-0.15, -0.1) is 0 Å². The number of carbonyl (C=O) groups excluding carboxylic acids is 1. The number of likely N-dealkylation sites (tertiary alicyclic amines) is 1. The van der Waals surface area contributed by atoms with Gasteiger partial charge in [0.2, 0.25) is 5.91 Å². The second kappa shape index (κ2) is 5.87. The summed E-state index contributed by atoms with van der Waals surface area (Å²) in [4.78, 5) is 19.4. The highest BCUT2D eigenvalue weighted by Crippen LogP contribution is 2.30. The molecule has 1 N–H and O–H groups in total. The number of nitrogens with one attached hydrogen (secondary N) is 1. The van der Waals surface area contributed by atoms with E-state index in [2.05, 4.69) is 22.0 Å². The van der Waals surface area contributed by atoms with Gasteiger partial charge in [-0.25, -0.2) is 4.98 Å². The minimum Gasteiger partial charge on any atom is -0.371 e. The van der Waals surface area contributed by atoms with Gasteiger partial charge in [-0.2, -0.15) is 0 Å². The van der Waals surface area contributed by atoms with Gasteiger partial charge in [0, 0.05) is 43.9 Å². The topological polar surface area (TPSA) is 49.6 Å². The van der Waals surface area contributed by atoms with E-state index >= 15 is 0 Å². The predicted molar refractivity (Wildman–Crippen MR) is 92.7 cm³/mol. The molecule has 0 radical (unpaired) electrons. The lowest BCUT2D eigenvalue weighted by atomic mass is 9.90. The Morgan fingerprint density at radius 3 is 2.87 bits per heavy atom. The summed E-state index contributed by atoms with van der Waals surface area (Å²) >= 11 is 0. The van der Waals surface area contributed by atoms with Gasteiger partial charge in [0.05, 0.1) is 11.2 Å². The Bertz CT molecular complexity index is 713. The maximum atomic E-state index is 12.6. The monoisotopic (exact) mass is 314 g/mol. The number of anilines is 1. The fourth-order valence-corrected chi connectivity index (χ4v) is 3.32. The number of aromatic nitrogens is 2. The van der Waals surface area contributed by atoms with Gasteiger partial charge in [-0.3, -0.25) is 4.79 Å². The van der Waals surface area contributed by atoms with Crippen molar-refractivity contribution in [2.45, 2.75) is 39.5 Å². The first-order valence-corrected chi connectivity index (χ1v) is 8.35. The molecule has 1 amide bonds. The van der Waals surface area contributed by atoms with Crippen LogP contribution in [0.3, 0.4) is 0 Å². The number of rotatable bonds is 2. The van der Waals surface area contributed by atoms with Crippen molar-refractivity contribution in [3.8, 4) is 0 Å². The molecule has 0 spiro atoms. The smallest absolute Gasteiger partial charge is 0.227 e. The molecule has 1 aliphatic heterocycles. The van der Waals surface area contributed by atoms with E-state index in [1.54, 1.807) is 0 Å². The fraction of sp³-hybridized carbons (Fsp3) is 0.556. The van der Waals surface area contributed by atoms with E-state index in [1.165, 1.54) is 0 Å². The van der Waals surface area contributed by atoms with Crippen LogP contribution in [0.2, 0.25) is 0 Å². The van der Waals surface area contributed by atoms with Crippen LogP contribution in [0.15, 0.2) is 24.5 Å². The third kappa shape index (κ3) is 3.05. The minimum absolute atomic E-state index is 0.234. The van der Waals surface area contributed by atoms with Crippen LogP contribution in [0.4, 0.5) is 5.82 Å².